The molecule has 15 heavy (non-hydrogen) atoms. The lowest BCUT2D eigenvalue weighted by Gasteiger charge is -2.08. The first kappa shape index (κ1) is 10.6. The van der Waals surface area contributed by atoms with Gasteiger partial charge in [-0.3, -0.25) is 4.79 Å². The van der Waals surface area contributed by atoms with E-state index >= 15 is 0 Å². The lowest BCUT2D eigenvalue weighted by Crippen LogP contribution is -2.10. The molecule has 0 spiro atoms. The van der Waals surface area contributed by atoms with Crippen LogP contribution in [0, 0.1) is 0 Å². The van der Waals surface area contributed by atoms with Gasteiger partial charge in [0.25, 0.3) is 0 Å². The largest absolute Gasteiger partial charge is 0.375 e. The van der Waals surface area contributed by atoms with Gasteiger partial charge in [0.05, 0.1) is 23.8 Å². The van der Waals surface area contributed by atoms with Crippen LogP contribution < -0.4 is 5.32 Å². The fourth-order valence-corrected chi connectivity index (χ4v) is 2.45. The summed E-state index contributed by atoms with van der Waals surface area (Å²) in [5, 5.41) is 3.52. The summed E-state index contributed by atoms with van der Waals surface area (Å²) in [4.78, 5) is 16.9. The molecule has 2 heterocycles. The van der Waals surface area contributed by atoms with Gasteiger partial charge in [-0.1, -0.05) is 18.3 Å². The molecule has 0 saturated heterocycles. The van der Waals surface area contributed by atoms with Crippen molar-refractivity contribution in [2.75, 3.05) is 11.9 Å². The number of thiazole rings is 1. The van der Waals surface area contributed by atoms with Crippen LogP contribution in [0.4, 0.5) is 5.13 Å². The summed E-state index contributed by atoms with van der Waals surface area (Å²) < 4.78 is 5.32. The van der Waals surface area contributed by atoms with E-state index in [0.29, 0.717) is 18.2 Å². The molecule has 0 saturated carbocycles. The van der Waals surface area contributed by atoms with Gasteiger partial charge in [-0.05, 0) is 6.42 Å². The maximum Gasteiger partial charge on any atom is 0.226 e. The van der Waals surface area contributed by atoms with E-state index < -0.39 is 0 Å². The van der Waals surface area contributed by atoms with Gasteiger partial charge in [-0.15, -0.1) is 0 Å². The Kier molecular flexibility index (Phi) is 3.33. The van der Waals surface area contributed by atoms with Crippen molar-refractivity contribution in [2.45, 2.75) is 32.8 Å². The Labute approximate surface area is 92.7 Å². The summed E-state index contributed by atoms with van der Waals surface area (Å²) in [6.45, 7) is 3.36. The van der Waals surface area contributed by atoms with E-state index in [1.165, 1.54) is 11.3 Å². The molecule has 82 valence electrons. The highest BCUT2D eigenvalue weighted by molar-refractivity contribution is 7.15. The number of hydrogen-bond acceptors (Lipinski definition) is 4. The van der Waals surface area contributed by atoms with Crippen molar-refractivity contribution in [3.63, 3.8) is 0 Å². The molecule has 1 aromatic rings. The molecule has 1 aliphatic rings. The molecule has 1 amide bonds. The normalized spacial score (nSPS) is 14.7. The molecular weight excluding hydrogens is 212 g/mol. The zero-order valence-corrected chi connectivity index (χ0v) is 9.52. The Morgan fingerprint density at radius 3 is 3.27 bits per heavy atom. The van der Waals surface area contributed by atoms with Crippen molar-refractivity contribution < 1.29 is 9.53 Å². The van der Waals surface area contributed by atoms with E-state index in [9.17, 15) is 4.79 Å². The molecule has 1 N–H and O–H groups in total. The molecule has 0 fully saturated rings. The highest BCUT2D eigenvalue weighted by atomic mass is 32.1. The third-order valence-corrected chi connectivity index (χ3v) is 3.20. The molecule has 4 nitrogen and oxygen atoms in total. The molecule has 1 aromatic heterocycles. The maximum absolute atomic E-state index is 11.3. The standard InChI is InChI=1S/C10H14N2O2S/c1-2-3-9(13)12-10-11-7-4-5-14-6-8(7)15-10/h2-6H2,1H3,(H,11,12,13). The molecule has 0 aromatic carbocycles. The minimum Gasteiger partial charge on any atom is -0.375 e. The molecule has 1 aliphatic heterocycles. The van der Waals surface area contributed by atoms with Crippen LogP contribution in [-0.4, -0.2) is 17.5 Å². The minimum atomic E-state index is 0.0458. The zero-order chi connectivity index (χ0) is 10.7. The summed E-state index contributed by atoms with van der Waals surface area (Å²) in [5.41, 5.74) is 1.08. The third kappa shape index (κ3) is 2.54. The van der Waals surface area contributed by atoms with Crippen LogP contribution >= 0.6 is 11.3 Å². The SMILES string of the molecule is CCCC(=O)Nc1nc2c(s1)COCC2. The lowest BCUT2D eigenvalue weighted by molar-refractivity contribution is -0.116. The first-order valence-electron chi connectivity index (χ1n) is 5.15. The third-order valence-electron chi connectivity index (χ3n) is 2.22. The van der Waals surface area contributed by atoms with Crippen LogP contribution in [0.1, 0.15) is 30.3 Å². The van der Waals surface area contributed by atoms with Gasteiger partial charge in [-0.25, -0.2) is 4.98 Å². The number of ether oxygens (including phenoxy) is 1. The van der Waals surface area contributed by atoms with E-state index in [0.717, 1.165) is 30.0 Å². The van der Waals surface area contributed by atoms with E-state index in [4.69, 9.17) is 4.74 Å². The van der Waals surface area contributed by atoms with E-state index in [1.807, 2.05) is 6.92 Å². The van der Waals surface area contributed by atoms with Gasteiger partial charge in [0, 0.05) is 12.8 Å². The van der Waals surface area contributed by atoms with Crippen LogP contribution in [-0.2, 0) is 22.6 Å². The number of hydrogen-bond donors (Lipinski definition) is 1. The monoisotopic (exact) mass is 226 g/mol. The van der Waals surface area contributed by atoms with Gasteiger partial charge in [0.2, 0.25) is 5.91 Å². The molecule has 0 aliphatic carbocycles. The Bertz CT molecular complexity index is 339. The maximum atomic E-state index is 11.3. The van der Waals surface area contributed by atoms with Crippen molar-refractivity contribution >= 4 is 22.4 Å². The number of anilines is 1. The molecule has 0 atom stereocenters. The van der Waals surface area contributed by atoms with Crippen LogP contribution in [0.2, 0.25) is 0 Å². The fraction of sp³-hybridized carbons (Fsp3) is 0.600. The fourth-order valence-electron chi connectivity index (χ4n) is 1.49. The molecule has 2 rings (SSSR count). The number of rotatable bonds is 3. The number of carbonyl (C=O) groups is 1. The Hall–Kier alpha value is -0.940. The van der Waals surface area contributed by atoms with Gasteiger partial charge in [-0.2, -0.15) is 0 Å². The molecule has 5 heteroatoms. The van der Waals surface area contributed by atoms with Crippen LogP contribution in [0.3, 0.4) is 0 Å². The molecular formula is C10H14N2O2S. The number of nitrogens with zero attached hydrogens (tertiary/aromatic N) is 1. The summed E-state index contributed by atoms with van der Waals surface area (Å²) >= 11 is 1.52. The number of nitrogens with one attached hydrogen (secondary N) is 1. The molecule has 0 radical (unpaired) electrons. The summed E-state index contributed by atoms with van der Waals surface area (Å²) in [5.74, 6) is 0.0458. The highest BCUT2D eigenvalue weighted by Crippen LogP contribution is 2.26. The number of amides is 1. The summed E-state index contributed by atoms with van der Waals surface area (Å²) in [6, 6.07) is 0. The predicted molar refractivity (Wildman–Crippen MR) is 59.0 cm³/mol. The summed E-state index contributed by atoms with van der Waals surface area (Å²) in [7, 11) is 0. The van der Waals surface area contributed by atoms with E-state index in [1.54, 1.807) is 0 Å². The van der Waals surface area contributed by atoms with Gasteiger partial charge >= 0.3 is 0 Å². The van der Waals surface area contributed by atoms with Crippen molar-refractivity contribution in [2.24, 2.45) is 0 Å². The smallest absolute Gasteiger partial charge is 0.226 e. The first-order valence-corrected chi connectivity index (χ1v) is 5.97. The van der Waals surface area contributed by atoms with Crippen molar-refractivity contribution in [3.8, 4) is 0 Å². The van der Waals surface area contributed by atoms with E-state index in [2.05, 4.69) is 10.3 Å². The average molecular weight is 226 g/mol. The summed E-state index contributed by atoms with van der Waals surface area (Å²) in [6.07, 6.45) is 2.27. The Morgan fingerprint density at radius 2 is 2.53 bits per heavy atom. The first-order chi connectivity index (χ1) is 7.29. The van der Waals surface area contributed by atoms with Crippen molar-refractivity contribution in [1.29, 1.82) is 0 Å². The van der Waals surface area contributed by atoms with Crippen LogP contribution in [0.25, 0.3) is 0 Å². The quantitative estimate of drug-likeness (QED) is 0.857. The predicted octanol–water partition coefficient (Wildman–Crippen LogP) is 1.95. The van der Waals surface area contributed by atoms with Gasteiger partial charge in [0.1, 0.15) is 0 Å². The van der Waals surface area contributed by atoms with Crippen LogP contribution in [0.5, 0.6) is 0 Å². The average Bonchev–Trinajstić information content (AvgIpc) is 2.59. The molecule has 0 bridgehead atoms. The van der Waals surface area contributed by atoms with E-state index in [-0.39, 0.29) is 5.91 Å². The minimum absolute atomic E-state index is 0.0458. The second kappa shape index (κ2) is 4.72. The van der Waals surface area contributed by atoms with Crippen LogP contribution in [0.15, 0.2) is 0 Å². The molecule has 0 unspecified atom stereocenters. The van der Waals surface area contributed by atoms with Gasteiger partial charge in [0.15, 0.2) is 5.13 Å². The highest BCUT2D eigenvalue weighted by Gasteiger charge is 2.16. The number of carbonyl (C=O) groups excluding carboxylic acids is 1. The van der Waals surface area contributed by atoms with Crippen molar-refractivity contribution in [3.05, 3.63) is 10.6 Å². The number of fused-ring (bicyclic) bond motifs is 1. The Morgan fingerprint density at radius 1 is 1.67 bits per heavy atom. The zero-order valence-electron chi connectivity index (χ0n) is 8.71. The van der Waals surface area contributed by atoms with Crippen molar-refractivity contribution in [1.82, 2.24) is 4.98 Å². The number of aromatic nitrogens is 1. The second-order valence-corrected chi connectivity index (χ2v) is 4.57. The van der Waals surface area contributed by atoms with Gasteiger partial charge < -0.3 is 10.1 Å². The topological polar surface area (TPSA) is 51.2 Å². The Balaban J connectivity index is 2.03. The lowest BCUT2D eigenvalue weighted by atomic mass is 10.2. The second-order valence-electron chi connectivity index (χ2n) is 3.49.